The van der Waals surface area contributed by atoms with E-state index >= 15 is 0 Å². The Bertz CT molecular complexity index is 497. The Kier molecular flexibility index (Phi) is 6.49. The van der Waals surface area contributed by atoms with Crippen LogP contribution in [-0.2, 0) is 11.3 Å². The van der Waals surface area contributed by atoms with Crippen molar-refractivity contribution in [2.45, 2.75) is 52.3 Å². The number of carbonyl (C=O) groups excluding carboxylic acids is 1. The summed E-state index contributed by atoms with van der Waals surface area (Å²) in [5.74, 6) is -0.278. The lowest BCUT2D eigenvalue weighted by Gasteiger charge is -2.23. The third-order valence-corrected chi connectivity index (χ3v) is 2.97. The zero-order valence-corrected chi connectivity index (χ0v) is 13.6. The van der Waals surface area contributed by atoms with Crippen LogP contribution < -0.4 is 10.6 Å². The Labute approximate surface area is 131 Å². The summed E-state index contributed by atoms with van der Waals surface area (Å²) in [5, 5.41) is 24.7. The second-order valence-electron chi connectivity index (χ2n) is 6.21. The quantitative estimate of drug-likeness (QED) is 0.606. The van der Waals surface area contributed by atoms with Crippen molar-refractivity contribution < 1.29 is 19.7 Å². The highest BCUT2D eigenvalue weighted by atomic mass is 16.6. The molecule has 124 valence electrons. The number of phenolic OH excluding ortho intramolecular Hbond substituents is 2. The van der Waals surface area contributed by atoms with Crippen LogP contribution in [0.5, 0.6) is 11.5 Å². The molecule has 1 unspecified atom stereocenters. The molecule has 6 heteroatoms. The SMILES string of the molecule is CCC(CNCc1ccc(O)c(O)c1)NC(=O)OC(C)(C)C. The van der Waals surface area contributed by atoms with Crippen molar-refractivity contribution in [2.75, 3.05) is 6.54 Å². The Morgan fingerprint density at radius 2 is 1.95 bits per heavy atom. The first-order valence-corrected chi connectivity index (χ1v) is 7.42. The van der Waals surface area contributed by atoms with Gasteiger partial charge in [-0.3, -0.25) is 0 Å². The average Bonchev–Trinajstić information content (AvgIpc) is 2.39. The molecule has 0 spiro atoms. The van der Waals surface area contributed by atoms with Gasteiger partial charge < -0.3 is 25.6 Å². The number of ether oxygens (including phenoxy) is 1. The molecule has 1 aromatic rings. The predicted octanol–water partition coefficient (Wildman–Crippen LogP) is 2.49. The first-order chi connectivity index (χ1) is 10.2. The first-order valence-electron chi connectivity index (χ1n) is 7.42. The fourth-order valence-corrected chi connectivity index (χ4v) is 1.84. The lowest BCUT2D eigenvalue weighted by atomic mass is 10.2. The van der Waals surface area contributed by atoms with Gasteiger partial charge in [0, 0.05) is 19.1 Å². The molecule has 0 aliphatic carbocycles. The van der Waals surface area contributed by atoms with Gasteiger partial charge in [0.2, 0.25) is 0 Å². The van der Waals surface area contributed by atoms with Gasteiger partial charge >= 0.3 is 6.09 Å². The highest BCUT2D eigenvalue weighted by molar-refractivity contribution is 5.68. The topological polar surface area (TPSA) is 90.8 Å². The van der Waals surface area contributed by atoms with Crippen LogP contribution in [0.25, 0.3) is 0 Å². The molecule has 0 saturated carbocycles. The minimum absolute atomic E-state index is 0.0411. The molecule has 0 aromatic heterocycles. The molecular weight excluding hydrogens is 284 g/mol. The van der Waals surface area contributed by atoms with E-state index in [1.165, 1.54) is 12.1 Å². The number of alkyl carbamates (subject to hydrolysis) is 1. The molecule has 0 radical (unpaired) electrons. The zero-order valence-electron chi connectivity index (χ0n) is 13.6. The lowest BCUT2D eigenvalue weighted by molar-refractivity contribution is 0.0502. The molecule has 0 aliphatic heterocycles. The Morgan fingerprint density at radius 1 is 1.27 bits per heavy atom. The molecule has 1 rings (SSSR count). The van der Waals surface area contributed by atoms with E-state index in [1.807, 2.05) is 27.7 Å². The van der Waals surface area contributed by atoms with Crippen LogP contribution in [0.4, 0.5) is 4.79 Å². The number of hydrogen-bond donors (Lipinski definition) is 4. The van der Waals surface area contributed by atoms with Gasteiger partial charge in [0.05, 0.1) is 0 Å². The summed E-state index contributed by atoms with van der Waals surface area (Å²) in [4.78, 5) is 11.7. The van der Waals surface area contributed by atoms with E-state index in [4.69, 9.17) is 4.74 Å². The van der Waals surface area contributed by atoms with E-state index in [-0.39, 0.29) is 17.5 Å². The van der Waals surface area contributed by atoms with Crippen molar-refractivity contribution in [1.29, 1.82) is 0 Å². The van der Waals surface area contributed by atoms with Gasteiger partial charge in [-0.25, -0.2) is 4.79 Å². The van der Waals surface area contributed by atoms with Crippen molar-refractivity contribution in [3.05, 3.63) is 23.8 Å². The second-order valence-corrected chi connectivity index (χ2v) is 6.21. The lowest BCUT2D eigenvalue weighted by Crippen LogP contribution is -2.43. The Hall–Kier alpha value is -1.95. The average molecular weight is 310 g/mol. The second kappa shape index (κ2) is 7.89. The maximum absolute atomic E-state index is 11.7. The van der Waals surface area contributed by atoms with Crippen molar-refractivity contribution in [3.8, 4) is 11.5 Å². The van der Waals surface area contributed by atoms with Crippen LogP contribution in [0.3, 0.4) is 0 Å². The molecule has 4 N–H and O–H groups in total. The van der Waals surface area contributed by atoms with Gasteiger partial charge in [-0.05, 0) is 44.9 Å². The normalized spacial score (nSPS) is 12.7. The Balaban J connectivity index is 2.40. The van der Waals surface area contributed by atoms with Gasteiger partial charge in [0.15, 0.2) is 11.5 Å². The number of rotatable bonds is 6. The smallest absolute Gasteiger partial charge is 0.407 e. The number of amides is 1. The van der Waals surface area contributed by atoms with Crippen LogP contribution in [-0.4, -0.2) is 34.5 Å². The monoisotopic (exact) mass is 310 g/mol. The zero-order chi connectivity index (χ0) is 16.8. The van der Waals surface area contributed by atoms with E-state index < -0.39 is 11.7 Å². The largest absolute Gasteiger partial charge is 0.504 e. The summed E-state index contributed by atoms with van der Waals surface area (Å²) < 4.78 is 5.22. The van der Waals surface area contributed by atoms with Gasteiger partial charge in [-0.2, -0.15) is 0 Å². The van der Waals surface area contributed by atoms with Gasteiger partial charge in [0.25, 0.3) is 0 Å². The highest BCUT2D eigenvalue weighted by Crippen LogP contribution is 2.24. The van der Waals surface area contributed by atoms with Gasteiger partial charge in [-0.1, -0.05) is 13.0 Å². The fourth-order valence-electron chi connectivity index (χ4n) is 1.84. The predicted molar refractivity (Wildman–Crippen MR) is 84.9 cm³/mol. The summed E-state index contributed by atoms with van der Waals surface area (Å²) >= 11 is 0. The number of aromatic hydroxyl groups is 2. The number of carbonyl (C=O) groups is 1. The molecule has 6 nitrogen and oxygen atoms in total. The number of hydrogen-bond acceptors (Lipinski definition) is 5. The molecule has 0 saturated heterocycles. The maximum Gasteiger partial charge on any atom is 0.407 e. The minimum atomic E-state index is -0.515. The Morgan fingerprint density at radius 3 is 2.50 bits per heavy atom. The van der Waals surface area contributed by atoms with Crippen LogP contribution in [0.15, 0.2) is 18.2 Å². The van der Waals surface area contributed by atoms with E-state index in [9.17, 15) is 15.0 Å². The first kappa shape index (κ1) is 18.1. The summed E-state index contributed by atoms with van der Waals surface area (Å²) in [6, 6.07) is 4.64. The third-order valence-electron chi connectivity index (χ3n) is 2.97. The van der Waals surface area contributed by atoms with Crippen LogP contribution in [0, 0.1) is 0 Å². The molecule has 1 amide bonds. The van der Waals surface area contributed by atoms with Crippen molar-refractivity contribution in [3.63, 3.8) is 0 Å². The number of benzene rings is 1. The van der Waals surface area contributed by atoms with Crippen molar-refractivity contribution >= 4 is 6.09 Å². The van der Waals surface area contributed by atoms with E-state index in [0.29, 0.717) is 13.1 Å². The van der Waals surface area contributed by atoms with E-state index in [0.717, 1.165) is 12.0 Å². The van der Waals surface area contributed by atoms with Crippen LogP contribution in [0.2, 0.25) is 0 Å². The van der Waals surface area contributed by atoms with Crippen LogP contribution in [0.1, 0.15) is 39.7 Å². The summed E-state index contributed by atoms with van der Waals surface area (Å²) in [6.07, 6.45) is 0.344. The fraction of sp³-hybridized carbons (Fsp3) is 0.562. The maximum atomic E-state index is 11.7. The van der Waals surface area contributed by atoms with Gasteiger partial charge in [-0.15, -0.1) is 0 Å². The van der Waals surface area contributed by atoms with Crippen molar-refractivity contribution in [1.82, 2.24) is 10.6 Å². The third kappa shape index (κ3) is 6.67. The summed E-state index contributed by atoms with van der Waals surface area (Å²) in [6.45, 7) is 8.56. The molecule has 0 fully saturated rings. The number of phenols is 2. The molecule has 0 heterocycles. The minimum Gasteiger partial charge on any atom is -0.504 e. The molecule has 0 aliphatic rings. The van der Waals surface area contributed by atoms with Crippen LogP contribution >= 0.6 is 0 Å². The highest BCUT2D eigenvalue weighted by Gasteiger charge is 2.18. The standard InChI is InChI=1S/C16H26N2O4/c1-5-12(18-15(21)22-16(2,3)4)10-17-9-11-6-7-13(19)14(20)8-11/h6-8,12,17,19-20H,5,9-10H2,1-4H3,(H,18,21). The number of nitrogens with one attached hydrogen (secondary N) is 2. The van der Waals surface area contributed by atoms with E-state index in [1.54, 1.807) is 6.07 Å². The van der Waals surface area contributed by atoms with Crippen molar-refractivity contribution in [2.24, 2.45) is 0 Å². The summed E-state index contributed by atoms with van der Waals surface area (Å²) in [5.41, 5.74) is 0.335. The molecule has 22 heavy (non-hydrogen) atoms. The molecule has 1 atom stereocenters. The molecule has 0 bridgehead atoms. The molecule has 1 aromatic carbocycles. The van der Waals surface area contributed by atoms with E-state index in [2.05, 4.69) is 10.6 Å². The van der Waals surface area contributed by atoms with Gasteiger partial charge in [0.1, 0.15) is 5.60 Å². The summed E-state index contributed by atoms with van der Waals surface area (Å²) in [7, 11) is 0. The molecular formula is C16H26N2O4.